The molecule has 1 fully saturated rings. The predicted molar refractivity (Wildman–Crippen MR) is 107 cm³/mol. The van der Waals surface area contributed by atoms with E-state index in [1.165, 1.54) is 24.3 Å². The zero-order chi connectivity index (χ0) is 20.8. The van der Waals surface area contributed by atoms with Crippen molar-refractivity contribution >= 4 is 17.6 Å². The monoisotopic (exact) mass is 397 g/mol. The van der Waals surface area contributed by atoms with E-state index in [2.05, 4.69) is 4.90 Å². The third kappa shape index (κ3) is 5.17. The molecular formula is C21H23N3O5. The third-order valence-electron chi connectivity index (χ3n) is 5.18. The molecule has 29 heavy (non-hydrogen) atoms. The van der Waals surface area contributed by atoms with Gasteiger partial charge in [-0.1, -0.05) is 30.3 Å². The number of piperazine rings is 1. The van der Waals surface area contributed by atoms with Gasteiger partial charge in [-0.05, 0) is 24.1 Å². The van der Waals surface area contributed by atoms with E-state index in [1.807, 2.05) is 30.3 Å². The fourth-order valence-corrected chi connectivity index (χ4v) is 3.64. The van der Waals surface area contributed by atoms with Crippen LogP contribution < -0.4 is 0 Å². The molecule has 0 radical (unpaired) electrons. The number of carboxylic acid groups (broad SMARTS) is 1. The number of rotatable bonds is 7. The van der Waals surface area contributed by atoms with Crippen LogP contribution in [0.25, 0.3) is 0 Å². The first-order chi connectivity index (χ1) is 14.0. The molecule has 0 unspecified atom stereocenters. The van der Waals surface area contributed by atoms with Crippen LogP contribution in [0.15, 0.2) is 54.6 Å². The SMILES string of the molecule is O=C(O)CC[C@@H](c1ccccc1)N1CCN(C(=O)c2ccc([N+](=O)[O-])cc2)CC1. The number of nitro benzene ring substituents is 1. The van der Waals surface area contributed by atoms with Crippen LogP contribution in [0.4, 0.5) is 5.69 Å². The maximum absolute atomic E-state index is 12.7. The van der Waals surface area contributed by atoms with E-state index < -0.39 is 10.9 Å². The van der Waals surface area contributed by atoms with Crippen molar-refractivity contribution in [2.75, 3.05) is 26.2 Å². The fourth-order valence-electron chi connectivity index (χ4n) is 3.64. The zero-order valence-corrected chi connectivity index (χ0v) is 15.9. The van der Waals surface area contributed by atoms with Crippen molar-refractivity contribution in [2.45, 2.75) is 18.9 Å². The van der Waals surface area contributed by atoms with E-state index in [4.69, 9.17) is 5.11 Å². The van der Waals surface area contributed by atoms with Gasteiger partial charge >= 0.3 is 5.97 Å². The molecule has 1 aliphatic rings. The van der Waals surface area contributed by atoms with E-state index in [0.29, 0.717) is 38.2 Å². The van der Waals surface area contributed by atoms with Crippen LogP contribution >= 0.6 is 0 Å². The molecule has 3 rings (SSSR count). The largest absolute Gasteiger partial charge is 0.481 e. The average molecular weight is 397 g/mol. The maximum Gasteiger partial charge on any atom is 0.303 e. The minimum absolute atomic E-state index is 0.0103. The molecule has 1 amide bonds. The maximum atomic E-state index is 12.7. The lowest BCUT2D eigenvalue weighted by molar-refractivity contribution is -0.384. The summed E-state index contributed by atoms with van der Waals surface area (Å²) in [5.41, 5.74) is 1.45. The van der Waals surface area contributed by atoms with Gasteiger partial charge in [0.25, 0.3) is 11.6 Å². The molecule has 152 valence electrons. The highest BCUT2D eigenvalue weighted by atomic mass is 16.6. The number of hydrogen-bond acceptors (Lipinski definition) is 5. The van der Waals surface area contributed by atoms with E-state index in [-0.39, 0.29) is 24.1 Å². The molecule has 8 nitrogen and oxygen atoms in total. The first-order valence-corrected chi connectivity index (χ1v) is 9.50. The smallest absolute Gasteiger partial charge is 0.303 e. The van der Waals surface area contributed by atoms with Crippen molar-refractivity contribution in [1.82, 2.24) is 9.80 Å². The minimum atomic E-state index is -0.821. The van der Waals surface area contributed by atoms with Crippen LogP contribution in [-0.2, 0) is 4.79 Å². The summed E-state index contributed by atoms with van der Waals surface area (Å²) in [4.78, 5) is 38.0. The van der Waals surface area contributed by atoms with Crippen molar-refractivity contribution in [3.63, 3.8) is 0 Å². The van der Waals surface area contributed by atoms with E-state index >= 15 is 0 Å². The van der Waals surface area contributed by atoms with Crippen LogP contribution in [0, 0.1) is 10.1 Å². The van der Waals surface area contributed by atoms with Crippen molar-refractivity contribution in [1.29, 1.82) is 0 Å². The summed E-state index contributed by atoms with van der Waals surface area (Å²) in [6.07, 6.45) is 0.594. The van der Waals surface area contributed by atoms with Crippen LogP contribution in [-0.4, -0.2) is 57.9 Å². The normalized spacial score (nSPS) is 15.7. The van der Waals surface area contributed by atoms with Crippen LogP contribution in [0.2, 0.25) is 0 Å². The number of benzene rings is 2. The van der Waals surface area contributed by atoms with Gasteiger partial charge in [-0.3, -0.25) is 24.6 Å². The standard InChI is InChI=1S/C21H23N3O5/c25-20(26)11-10-19(16-4-2-1-3-5-16)22-12-14-23(15-13-22)21(27)17-6-8-18(9-7-17)24(28)29/h1-9,19H,10-15H2,(H,25,26)/t19-/m0/s1. The van der Waals surface area contributed by atoms with Gasteiger partial charge in [-0.15, -0.1) is 0 Å². The number of aliphatic carboxylic acids is 1. The second-order valence-electron chi connectivity index (χ2n) is 6.99. The molecular weight excluding hydrogens is 374 g/mol. The minimum Gasteiger partial charge on any atom is -0.481 e. The Labute approximate surface area is 168 Å². The van der Waals surface area contributed by atoms with Gasteiger partial charge in [0, 0.05) is 56.3 Å². The molecule has 1 atom stereocenters. The first kappa shape index (κ1) is 20.5. The summed E-state index contributed by atoms with van der Waals surface area (Å²) in [7, 11) is 0. The lowest BCUT2D eigenvalue weighted by Crippen LogP contribution is -2.49. The van der Waals surface area contributed by atoms with Crippen molar-refractivity contribution in [2.24, 2.45) is 0 Å². The molecule has 2 aromatic rings. The Balaban J connectivity index is 1.65. The van der Waals surface area contributed by atoms with E-state index in [9.17, 15) is 19.7 Å². The Bertz CT molecular complexity index is 862. The highest BCUT2D eigenvalue weighted by molar-refractivity contribution is 5.94. The van der Waals surface area contributed by atoms with Gasteiger partial charge < -0.3 is 10.0 Å². The Kier molecular flexibility index (Phi) is 6.56. The highest BCUT2D eigenvalue weighted by Gasteiger charge is 2.28. The lowest BCUT2D eigenvalue weighted by atomic mass is 9.99. The van der Waals surface area contributed by atoms with Gasteiger partial charge in [0.05, 0.1) is 4.92 Å². The van der Waals surface area contributed by atoms with Gasteiger partial charge in [0.15, 0.2) is 0 Å². The van der Waals surface area contributed by atoms with Crippen molar-refractivity contribution in [3.8, 4) is 0 Å². The first-order valence-electron chi connectivity index (χ1n) is 9.50. The summed E-state index contributed by atoms with van der Waals surface area (Å²) in [6.45, 7) is 2.31. The molecule has 0 spiro atoms. The Morgan fingerprint density at radius 1 is 1.00 bits per heavy atom. The molecule has 1 saturated heterocycles. The molecule has 0 aliphatic carbocycles. The van der Waals surface area contributed by atoms with Gasteiger partial charge in [0.2, 0.25) is 0 Å². The number of hydrogen-bond donors (Lipinski definition) is 1. The van der Waals surface area contributed by atoms with Crippen LogP contribution in [0.5, 0.6) is 0 Å². The average Bonchev–Trinajstić information content (AvgIpc) is 2.74. The molecule has 8 heteroatoms. The van der Waals surface area contributed by atoms with Crippen LogP contribution in [0.1, 0.15) is 34.8 Å². The Morgan fingerprint density at radius 2 is 1.62 bits per heavy atom. The number of amides is 1. The predicted octanol–water partition coefficient (Wildman–Crippen LogP) is 2.96. The molecule has 1 heterocycles. The van der Waals surface area contributed by atoms with Gasteiger partial charge in [-0.25, -0.2) is 0 Å². The summed E-state index contributed by atoms with van der Waals surface area (Å²) >= 11 is 0. The molecule has 0 aromatic heterocycles. The second-order valence-corrected chi connectivity index (χ2v) is 6.99. The molecule has 0 saturated carbocycles. The number of nitrogens with zero attached hydrogens (tertiary/aromatic N) is 3. The lowest BCUT2D eigenvalue weighted by Gasteiger charge is -2.39. The quantitative estimate of drug-likeness (QED) is 0.569. The molecule has 2 aromatic carbocycles. The second kappa shape index (κ2) is 9.29. The number of carbonyl (C=O) groups is 2. The summed E-state index contributed by atoms with van der Waals surface area (Å²) in [5, 5.41) is 19.9. The van der Waals surface area contributed by atoms with E-state index in [0.717, 1.165) is 5.56 Å². The molecule has 1 N–H and O–H groups in total. The molecule has 1 aliphatic heterocycles. The summed E-state index contributed by atoms with van der Waals surface area (Å²) in [6, 6.07) is 15.4. The Hall–Kier alpha value is -3.26. The molecule has 0 bridgehead atoms. The summed E-state index contributed by atoms with van der Waals surface area (Å²) in [5.74, 6) is -0.973. The van der Waals surface area contributed by atoms with Crippen LogP contribution in [0.3, 0.4) is 0 Å². The number of nitro groups is 1. The van der Waals surface area contributed by atoms with E-state index in [1.54, 1.807) is 4.90 Å². The van der Waals surface area contributed by atoms with Crippen molar-refractivity contribution in [3.05, 3.63) is 75.8 Å². The topological polar surface area (TPSA) is 104 Å². The van der Waals surface area contributed by atoms with Crippen molar-refractivity contribution < 1.29 is 19.6 Å². The highest BCUT2D eigenvalue weighted by Crippen LogP contribution is 2.27. The van der Waals surface area contributed by atoms with Gasteiger partial charge in [0.1, 0.15) is 0 Å². The third-order valence-corrected chi connectivity index (χ3v) is 5.18. The Morgan fingerprint density at radius 3 is 2.17 bits per heavy atom. The number of carbonyl (C=O) groups excluding carboxylic acids is 1. The fraction of sp³-hybridized carbons (Fsp3) is 0.333. The number of non-ortho nitro benzene ring substituents is 1. The number of carboxylic acids is 1. The van der Waals surface area contributed by atoms with Gasteiger partial charge in [-0.2, -0.15) is 0 Å². The summed E-state index contributed by atoms with van der Waals surface area (Å²) < 4.78 is 0. The zero-order valence-electron chi connectivity index (χ0n) is 15.9.